The number of halogens is 1. The van der Waals surface area contributed by atoms with Gasteiger partial charge in [0.05, 0.1) is 17.6 Å². The van der Waals surface area contributed by atoms with Gasteiger partial charge in [0.25, 0.3) is 0 Å². The molecule has 0 spiro atoms. The number of para-hydroxylation sites is 1. The Kier molecular flexibility index (Phi) is 4.19. The summed E-state index contributed by atoms with van der Waals surface area (Å²) in [6.07, 6.45) is 1.66. The van der Waals surface area contributed by atoms with E-state index in [1.807, 2.05) is 0 Å². The standard InChI is InChI=1S/C12H14FN5O/c1-14-6-9-7-18(17-16-9)8-12(19)15-11-5-3-2-4-10(11)13/h2-5,7,14H,6,8H2,1H3,(H,15,19). The zero-order valence-electron chi connectivity index (χ0n) is 10.4. The first kappa shape index (κ1) is 13.2. The molecule has 0 aliphatic rings. The fraction of sp³-hybridized carbons (Fsp3) is 0.250. The maximum absolute atomic E-state index is 13.3. The topological polar surface area (TPSA) is 71.8 Å². The average Bonchev–Trinajstić information content (AvgIpc) is 2.80. The van der Waals surface area contributed by atoms with Crippen LogP contribution in [0.2, 0.25) is 0 Å². The quantitative estimate of drug-likeness (QED) is 0.836. The smallest absolute Gasteiger partial charge is 0.246 e. The molecule has 0 saturated heterocycles. The number of aromatic nitrogens is 3. The molecule has 100 valence electrons. The highest BCUT2D eigenvalue weighted by Gasteiger charge is 2.08. The molecule has 0 aliphatic carbocycles. The van der Waals surface area contributed by atoms with Crippen LogP contribution in [0, 0.1) is 5.82 Å². The number of hydrogen-bond donors (Lipinski definition) is 2. The van der Waals surface area contributed by atoms with Crippen LogP contribution in [-0.2, 0) is 17.9 Å². The summed E-state index contributed by atoms with van der Waals surface area (Å²) < 4.78 is 14.7. The molecule has 0 fully saturated rings. The van der Waals surface area contributed by atoms with E-state index in [1.165, 1.54) is 16.8 Å². The van der Waals surface area contributed by atoms with Crippen LogP contribution in [0.5, 0.6) is 0 Å². The van der Waals surface area contributed by atoms with Crippen molar-refractivity contribution >= 4 is 11.6 Å². The minimum atomic E-state index is -0.467. The molecule has 0 atom stereocenters. The van der Waals surface area contributed by atoms with Crippen LogP contribution in [0.1, 0.15) is 5.69 Å². The molecule has 0 saturated carbocycles. The predicted octanol–water partition coefficient (Wildman–Crippen LogP) is 0.775. The second kappa shape index (κ2) is 6.05. The number of benzene rings is 1. The van der Waals surface area contributed by atoms with Gasteiger partial charge in [-0.3, -0.25) is 4.79 Å². The zero-order chi connectivity index (χ0) is 13.7. The number of hydrogen-bond acceptors (Lipinski definition) is 4. The van der Waals surface area contributed by atoms with E-state index >= 15 is 0 Å². The molecular formula is C12H14FN5O. The molecule has 2 aromatic rings. The second-order valence-electron chi connectivity index (χ2n) is 3.97. The molecular weight excluding hydrogens is 249 g/mol. The van der Waals surface area contributed by atoms with Gasteiger partial charge < -0.3 is 10.6 Å². The third kappa shape index (κ3) is 3.59. The van der Waals surface area contributed by atoms with E-state index in [-0.39, 0.29) is 18.1 Å². The zero-order valence-corrected chi connectivity index (χ0v) is 10.4. The minimum Gasteiger partial charge on any atom is -0.322 e. The lowest BCUT2D eigenvalue weighted by atomic mass is 10.3. The number of carbonyl (C=O) groups excluding carboxylic acids is 1. The van der Waals surface area contributed by atoms with Crippen molar-refractivity contribution in [3.05, 3.63) is 42.0 Å². The van der Waals surface area contributed by atoms with Gasteiger partial charge in [-0.05, 0) is 19.2 Å². The van der Waals surface area contributed by atoms with Crippen LogP contribution in [0.3, 0.4) is 0 Å². The number of nitrogens with zero attached hydrogens (tertiary/aromatic N) is 3. The third-order valence-electron chi connectivity index (χ3n) is 2.40. The summed E-state index contributed by atoms with van der Waals surface area (Å²) in [6.45, 7) is 0.569. The summed E-state index contributed by atoms with van der Waals surface area (Å²) in [5.74, 6) is -0.823. The van der Waals surface area contributed by atoms with Crippen molar-refractivity contribution in [2.24, 2.45) is 0 Å². The minimum absolute atomic E-state index is 0.00888. The predicted molar refractivity (Wildman–Crippen MR) is 67.8 cm³/mol. The highest BCUT2D eigenvalue weighted by atomic mass is 19.1. The summed E-state index contributed by atoms with van der Waals surface area (Å²) in [6, 6.07) is 6.00. The van der Waals surface area contributed by atoms with Gasteiger partial charge in [0.15, 0.2) is 0 Å². The third-order valence-corrected chi connectivity index (χ3v) is 2.40. The van der Waals surface area contributed by atoms with E-state index < -0.39 is 5.82 Å². The number of rotatable bonds is 5. The van der Waals surface area contributed by atoms with Crippen LogP contribution in [0.15, 0.2) is 30.5 Å². The largest absolute Gasteiger partial charge is 0.322 e. The monoisotopic (exact) mass is 263 g/mol. The highest BCUT2D eigenvalue weighted by Crippen LogP contribution is 2.12. The average molecular weight is 263 g/mol. The maximum Gasteiger partial charge on any atom is 0.246 e. The Labute approximate surface area is 109 Å². The molecule has 0 aliphatic heterocycles. The summed E-state index contributed by atoms with van der Waals surface area (Å²) in [4.78, 5) is 11.7. The van der Waals surface area contributed by atoms with Crippen molar-refractivity contribution in [3.8, 4) is 0 Å². The number of anilines is 1. The molecule has 0 bridgehead atoms. The van der Waals surface area contributed by atoms with Gasteiger partial charge in [-0.1, -0.05) is 17.3 Å². The Hall–Kier alpha value is -2.28. The van der Waals surface area contributed by atoms with E-state index in [1.54, 1.807) is 25.4 Å². The lowest BCUT2D eigenvalue weighted by molar-refractivity contribution is -0.116. The van der Waals surface area contributed by atoms with Crippen molar-refractivity contribution in [2.45, 2.75) is 13.1 Å². The Morgan fingerprint density at radius 3 is 2.95 bits per heavy atom. The molecule has 2 N–H and O–H groups in total. The van der Waals surface area contributed by atoms with Gasteiger partial charge in [0.1, 0.15) is 12.4 Å². The van der Waals surface area contributed by atoms with Crippen LogP contribution < -0.4 is 10.6 Å². The van der Waals surface area contributed by atoms with Crippen molar-refractivity contribution in [1.82, 2.24) is 20.3 Å². The lowest BCUT2D eigenvalue weighted by Crippen LogP contribution is -2.19. The van der Waals surface area contributed by atoms with E-state index in [4.69, 9.17) is 0 Å². The summed E-state index contributed by atoms with van der Waals surface area (Å²) >= 11 is 0. The fourth-order valence-electron chi connectivity index (χ4n) is 1.58. The van der Waals surface area contributed by atoms with Gasteiger partial charge in [0, 0.05) is 6.54 Å². The van der Waals surface area contributed by atoms with Crippen LogP contribution >= 0.6 is 0 Å². The molecule has 7 heteroatoms. The molecule has 0 unspecified atom stereocenters. The van der Waals surface area contributed by atoms with Crippen LogP contribution in [-0.4, -0.2) is 27.9 Å². The first-order chi connectivity index (χ1) is 9.19. The Morgan fingerprint density at radius 1 is 1.42 bits per heavy atom. The van der Waals surface area contributed by atoms with Crippen molar-refractivity contribution in [1.29, 1.82) is 0 Å². The van der Waals surface area contributed by atoms with Gasteiger partial charge in [0.2, 0.25) is 5.91 Å². The maximum atomic E-state index is 13.3. The Bertz CT molecular complexity index is 569. The SMILES string of the molecule is CNCc1cn(CC(=O)Nc2ccccc2F)nn1. The first-order valence-electron chi connectivity index (χ1n) is 5.77. The number of nitrogens with one attached hydrogen (secondary N) is 2. The second-order valence-corrected chi connectivity index (χ2v) is 3.97. The first-order valence-corrected chi connectivity index (χ1v) is 5.77. The Balaban J connectivity index is 1.95. The van der Waals surface area contributed by atoms with E-state index in [0.717, 1.165) is 5.69 Å². The molecule has 1 heterocycles. The molecule has 0 radical (unpaired) electrons. The van der Waals surface area contributed by atoms with Crippen LogP contribution in [0.4, 0.5) is 10.1 Å². The van der Waals surface area contributed by atoms with E-state index in [9.17, 15) is 9.18 Å². The number of amides is 1. The van der Waals surface area contributed by atoms with Gasteiger partial charge in [-0.15, -0.1) is 5.10 Å². The fourth-order valence-corrected chi connectivity index (χ4v) is 1.58. The molecule has 1 amide bonds. The Morgan fingerprint density at radius 2 is 2.21 bits per heavy atom. The van der Waals surface area contributed by atoms with Crippen molar-refractivity contribution < 1.29 is 9.18 Å². The number of carbonyl (C=O) groups is 1. The molecule has 19 heavy (non-hydrogen) atoms. The van der Waals surface area contributed by atoms with E-state index in [0.29, 0.717) is 6.54 Å². The summed E-state index contributed by atoms with van der Waals surface area (Å²) in [5, 5.41) is 13.1. The van der Waals surface area contributed by atoms with E-state index in [2.05, 4.69) is 20.9 Å². The van der Waals surface area contributed by atoms with Crippen molar-refractivity contribution in [3.63, 3.8) is 0 Å². The van der Waals surface area contributed by atoms with Crippen molar-refractivity contribution in [2.75, 3.05) is 12.4 Å². The highest BCUT2D eigenvalue weighted by molar-refractivity contribution is 5.90. The summed E-state index contributed by atoms with van der Waals surface area (Å²) in [7, 11) is 1.80. The molecule has 6 nitrogen and oxygen atoms in total. The van der Waals surface area contributed by atoms with Gasteiger partial charge in [-0.2, -0.15) is 0 Å². The van der Waals surface area contributed by atoms with Crippen LogP contribution in [0.25, 0.3) is 0 Å². The normalized spacial score (nSPS) is 10.4. The lowest BCUT2D eigenvalue weighted by Gasteiger charge is -2.05. The molecule has 1 aromatic carbocycles. The molecule has 2 rings (SSSR count). The molecule has 1 aromatic heterocycles. The van der Waals surface area contributed by atoms with Gasteiger partial charge in [-0.25, -0.2) is 9.07 Å². The summed E-state index contributed by atoms with van der Waals surface area (Å²) in [5.41, 5.74) is 0.893. The van der Waals surface area contributed by atoms with Gasteiger partial charge >= 0.3 is 0 Å².